The number of hydrogen-bond acceptors (Lipinski definition) is 0. The van der Waals surface area contributed by atoms with Gasteiger partial charge in [0.25, 0.3) is 0 Å². The number of hydrogen-bond donors (Lipinski definition) is 0. The van der Waals surface area contributed by atoms with E-state index in [0.717, 1.165) is 35.1 Å². The van der Waals surface area contributed by atoms with E-state index in [0.29, 0.717) is 23.5 Å². The third-order valence-electron chi connectivity index (χ3n) is 10.3. The second kappa shape index (κ2) is 17.3. The van der Waals surface area contributed by atoms with Crippen molar-refractivity contribution >= 4 is 77.7 Å². The minimum Gasteiger partial charge on any atom is -0.147 e. The molecule has 0 unspecified atom stereocenters. The molecule has 0 amide bonds. The number of rotatable bonds is 8. The molecule has 0 nitrogen and oxygen atoms in total. The maximum atomic E-state index is 6.59. The first-order chi connectivity index (χ1) is 23.7. The van der Waals surface area contributed by atoms with Crippen LogP contribution in [0.3, 0.4) is 0 Å². The summed E-state index contributed by atoms with van der Waals surface area (Å²) in [5.41, 5.74) is 18.3. The van der Waals surface area contributed by atoms with E-state index in [-0.39, 0.29) is 35.6 Å². The van der Waals surface area contributed by atoms with Gasteiger partial charge >= 0.3 is 331 Å². The molecule has 0 N–H and O–H groups in total. The van der Waals surface area contributed by atoms with Gasteiger partial charge in [-0.2, -0.15) is 0 Å². The molecule has 276 valence electrons. The van der Waals surface area contributed by atoms with Crippen molar-refractivity contribution in [1.29, 1.82) is 0 Å². The van der Waals surface area contributed by atoms with Crippen LogP contribution in [0.15, 0.2) is 76.1 Å². The third kappa shape index (κ3) is 8.63. The molecule has 0 atom stereocenters. The molecule has 2 aliphatic rings. The maximum Gasteiger partial charge on any atom is -0.147 e. The molecule has 0 bridgehead atoms. The van der Waals surface area contributed by atoms with Crippen LogP contribution in [0.2, 0.25) is 0 Å². The van der Waals surface area contributed by atoms with Gasteiger partial charge in [0, 0.05) is 0 Å². The van der Waals surface area contributed by atoms with Crippen molar-refractivity contribution in [2.24, 2.45) is 0 Å². The predicted octanol–water partition coefficient (Wildman–Crippen LogP) is 13.6. The van der Waals surface area contributed by atoms with E-state index in [1.807, 2.05) is 0 Å². The van der Waals surface area contributed by atoms with E-state index in [1.54, 1.807) is 6.55 Å². The molecular formula is C45H50Cl6Zr. The molecule has 0 saturated heterocycles. The normalized spacial score (nSPS) is 13.3. The van der Waals surface area contributed by atoms with Crippen LogP contribution in [0, 0.1) is 13.8 Å². The van der Waals surface area contributed by atoms with E-state index < -0.39 is 21.3 Å². The SMILES string of the molecule is Cc1cc2c(cc1C(C)(C)C)-c1cc(C(C)(C)C)c(C)[c]([Zr]([C]3=CC=CC3)=[C](c3cc(CCl)cc(CCl)c3)c3cc(CCl)cc(CCl)c3)c1C2.Cl.Cl. The molecule has 0 saturated carbocycles. The molecule has 4 aromatic carbocycles. The van der Waals surface area contributed by atoms with Crippen LogP contribution in [0.25, 0.3) is 11.1 Å². The van der Waals surface area contributed by atoms with Gasteiger partial charge in [-0.1, -0.05) is 0 Å². The Hall–Kier alpha value is -1.15. The largest absolute Gasteiger partial charge is 0.147 e. The summed E-state index contributed by atoms with van der Waals surface area (Å²) in [6, 6.07) is 21.1. The van der Waals surface area contributed by atoms with Crippen LogP contribution in [-0.4, -0.2) is 3.21 Å². The van der Waals surface area contributed by atoms with E-state index in [2.05, 4.69) is 128 Å². The number of halogens is 6. The van der Waals surface area contributed by atoms with Crippen LogP contribution in [0.1, 0.15) is 115 Å². The fourth-order valence-corrected chi connectivity index (χ4v) is 17.1. The van der Waals surface area contributed by atoms with Crippen molar-refractivity contribution in [2.75, 3.05) is 0 Å². The molecule has 0 aliphatic heterocycles. The topological polar surface area (TPSA) is 0 Å². The average molecular weight is 895 g/mol. The number of aryl methyl sites for hydroxylation is 1. The number of benzene rings is 4. The Bertz CT molecular complexity index is 1990. The standard InChI is InChI=1S/C23H29.C17H14Cl4.C5H5.2ClH.Zr/c1-14-9-16-11-17-10-15(2)21(23(6,7)8)13-19(17)18(16)12-20(14)22(3,4)5;18-8-14-2-12(3-15(6-14)9-19)1-13-4-16(10-20)7-17(5-13)11-21;1-2-4-5-3-1;;;/h9,12-13H,11H2,1-8H3;2-7H,8-11H2;1-3H,4H2;2*1H;. The minimum absolute atomic E-state index is 0. The molecule has 0 aromatic heterocycles. The summed E-state index contributed by atoms with van der Waals surface area (Å²) >= 11 is 23.3. The first-order valence-electron chi connectivity index (χ1n) is 17.6. The average Bonchev–Trinajstić information content (AvgIpc) is 3.73. The van der Waals surface area contributed by atoms with Crippen molar-refractivity contribution in [3.63, 3.8) is 0 Å². The van der Waals surface area contributed by atoms with Gasteiger partial charge < -0.3 is 0 Å². The zero-order valence-corrected chi connectivity index (χ0v) is 38.6. The molecule has 0 fully saturated rings. The summed E-state index contributed by atoms with van der Waals surface area (Å²) in [6.45, 7) is 18.8. The number of allylic oxidation sites excluding steroid dienone is 4. The van der Waals surface area contributed by atoms with Crippen molar-refractivity contribution in [3.05, 3.63) is 143 Å². The van der Waals surface area contributed by atoms with Gasteiger partial charge in [-0.25, -0.2) is 0 Å². The Morgan fingerprint density at radius 2 is 1.12 bits per heavy atom. The summed E-state index contributed by atoms with van der Waals surface area (Å²) < 4.78 is 4.63. The summed E-state index contributed by atoms with van der Waals surface area (Å²) in [5.74, 6) is 1.73. The molecule has 2 aliphatic carbocycles. The maximum absolute atomic E-state index is 6.59. The first kappa shape index (κ1) is 43.6. The van der Waals surface area contributed by atoms with E-state index in [4.69, 9.17) is 46.4 Å². The van der Waals surface area contributed by atoms with E-state index >= 15 is 0 Å². The molecule has 0 heterocycles. The Labute approximate surface area is 352 Å². The molecule has 7 heteroatoms. The number of fused-ring (bicyclic) bond motifs is 3. The van der Waals surface area contributed by atoms with Crippen LogP contribution < -0.4 is 3.27 Å². The van der Waals surface area contributed by atoms with Gasteiger partial charge in [0.2, 0.25) is 0 Å². The monoisotopic (exact) mass is 890 g/mol. The zero-order valence-electron chi connectivity index (χ0n) is 31.5. The smallest absolute Gasteiger partial charge is 0.147 e. The van der Waals surface area contributed by atoms with Crippen LogP contribution >= 0.6 is 71.2 Å². The van der Waals surface area contributed by atoms with Gasteiger partial charge in [-0.05, 0) is 0 Å². The van der Waals surface area contributed by atoms with Crippen molar-refractivity contribution in [1.82, 2.24) is 0 Å². The zero-order chi connectivity index (χ0) is 36.1. The number of alkyl halides is 4. The summed E-state index contributed by atoms with van der Waals surface area (Å²) in [5, 5.41) is 0. The second-order valence-electron chi connectivity index (χ2n) is 16.1. The van der Waals surface area contributed by atoms with Gasteiger partial charge in [-0.3, -0.25) is 0 Å². The van der Waals surface area contributed by atoms with Crippen LogP contribution in [-0.2, 0) is 62.0 Å². The molecule has 0 spiro atoms. The predicted molar refractivity (Wildman–Crippen MR) is 232 cm³/mol. The fraction of sp³-hybridized carbons (Fsp3) is 0.356. The Morgan fingerprint density at radius 3 is 1.54 bits per heavy atom. The van der Waals surface area contributed by atoms with Crippen LogP contribution in [0.4, 0.5) is 0 Å². The van der Waals surface area contributed by atoms with Gasteiger partial charge in [0.15, 0.2) is 0 Å². The second-order valence-corrected chi connectivity index (χ2v) is 23.1. The molecule has 0 radical (unpaired) electrons. The fourth-order valence-electron chi connectivity index (χ4n) is 8.20. The molecular weight excluding hydrogens is 844 g/mol. The molecule has 4 aromatic rings. The van der Waals surface area contributed by atoms with E-state index in [1.165, 1.54) is 58.8 Å². The van der Waals surface area contributed by atoms with Gasteiger partial charge in [0.05, 0.1) is 0 Å². The Kier molecular flexibility index (Phi) is 14.5. The van der Waals surface area contributed by atoms with Crippen LogP contribution in [0.5, 0.6) is 0 Å². The summed E-state index contributed by atoms with van der Waals surface area (Å²) in [6.07, 6.45) is 8.96. The third-order valence-corrected chi connectivity index (χ3v) is 19.6. The Balaban J connectivity index is 0.00000302. The minimum atomic E-state index is -3.06. The summed E-state index contributed by atoms with van der Waals surface area (Å²) in [4.78, 5) is 0. The Morgan fingerprint density at radius 1 is 0.635 bits per heavy atom. The van der Waals surface area contributed by atoms with Crippen molar-refractivity contribution in [3.8, 4) is 11.1 Å². The van der Waals surface area contributed by atoms with Crippen molar-refractivity contribution < 1.29 is 21.3 Å². The quantitative estimate of drug-likeness (QED) is 0.136. The molecule has 52 heavy (non-hydrogen) atoms. The van der Waals surface area contributed by atoms with Crippen molar-refractivity contribution in [2.45, 2.75) is 103 Å². The molecule has 6 rings (SSSR count). The van der Waals surface area contributed by atoms with Gasteiger partial charge in [-0.15, -0.1) is 24.8 Å². The summed E-state index contributed by atoms with van der Waals surface area (Å²) in [7, 11) is 0. The first-order valence-corrected chi connectivity index (χ1v) is 23.4. The van der Waals surface area contributed by atoms with E-state index in [9.17, 15) is 0 Å². The van der Waals surface area contributed by atoms with Gasteiger partial charge in [0.1, 0.15) is 0 Å².